The van der Waals surface area contributed by atoms with E-state index in [0.29, 0.717) is 0 Å². The van der Waals surface area contributed by atoms with Crippen LogP contribution in [-0.2, 0) is 21.8 Å². The van der Waals surface area contributed by atoms with Crippen molar-refractivity contribution in [1.82, 2.24) is 0 Å². The molecule has 408 valence electrons. The first kappa shape index (κ1) is 61.1. The number of aromatic carboxylic acids is 2. The number of rotatable bonds is 20. The maximum absolute atomic E-state index is 10.7. The van der Waals surface area contributed by atoms with Gasteiger partial charge in [0.2, 0.25) is 0 Å². The van der Waals surface area contributed by atoms with E-state index >= 15 is 0 Å². The lowest BCUT2D eigenvalue weighted by Crippen LogP contribution is -2.07. The van der Waals surface area contributed by atoms with E-state index in [0.717, 1.165) is 67.9 Å². The summed E-state index contributed by atoms with van der Waals surface area (Å²) in [6, 6.07) is 59.2. The lowest BCUT2D eigenvalue weighted by atomic mass is 10.1. The Morgan fingerprint density at radius 3 is 1.09 bits per heavy atom. The summed E-state index contributed by atoms with van der Waals surface area (Å²) in [5.74, 6) is -2.62. The SMILES string of the molecule is CCCCCCOc1c(C)cc([S+](c2ccccc2)c2ccccc2)cc1C.CCCCCCOc1c(C)cc([S+](c2ccccc2)c2ccccc2)cc1C.O=C(O)c1c([O-])cccc1O.O=C(O)c1cc(O)ccc1[O-]. The molecule has 8 aromatic rings. The highest BCUT2D eigenvalue weighted by Crippen LogP contribution is 2.37. The van der Waals surface area contributed by atoms with Gasteiger partial charge >= 0.3 is 11.9 Å². The van der Waals surface area contributed by atoms with Crippen LogP contribution in [0.2, 0.25) is 0 Å². The molecule has 8 aromatic carbocycles. The van der Waals surface area contributed by atoms with Gasteiger partial charge in [-0.3, -0.25) is 0 Å². The van der Waals surface area contributed by atoms with Crippen LogP contribution in [-0.4, -0.2) is 45.6 Å². The van der Waals surface area contributed by atoms with Crippen LogP contribution < -0.4 is 19.7 Å². The van der Waals surface area contributed by atoms with Gasteiger partial charge in [0, 0.05) is 24.3 Å². The van der Waals surface area contributed by atoms with Crippen molar-refractivity contribution in [2.75, 3.05) is 13.2 Å². The molecule has 0 unspecified atom stereocenters. The summed E-state index contributed by atoms with van der Waals surface area (Å²) < 4.78 is 12.3. The molecule has 12 heteroatoms. The first-order valence-corrected chi connectivity index (χ1v) is 28.7. The van der Waals surface area contributed by atoms with E-state index in [-0.39, 0.29) is 27.5 Å². The molecule has 0 aliphatic carbocycles. The quantitative estimate of drug-likeness (QED) is 0.0424. The lowest BCUT2D eigenvalue weighted by molar-refractivity contribution is -0.269. The van der Waals surface area contributed by atoms with Gasteiger partial charge in [0.15, 0.2) is 29.4 Å². The van der Waals surface area contributed by atoms with Gasteiger partial charge in [0.1, 0.15) is 23.0 Å². The van der Waals surface area contributed by atoms with E-state index in [1.54, 1.807) is 0 Å². The molecule has 0 spiro atoms. The number of carboxylic acid groups (broad SMARTS) is 2. The Hall–Kier alpha value is -7.80. The molecule has 0 heterocycles. The van der Waals surface area contributed by atoms with Gasteiger partial charge in [-0.2, -0.15) is 0 Å². The third-order valence-corrected chi connectivity index (χ3v) is 16.5. The number of aromatic hydroxyl groups is 2. The van der Waals surface area contributed by atoms with Gasteiger partial charge < -0.3 is 40.1 Å². The molecule has 8 rings (SSSR count). The van der Waals surface area contributed by atoms with Gasteiger partial charge in [0.25, 0.3) is 0 Å². The minimum atomic E-state index is -1.41. The summed E-state index contributed by atoms with van der Waals surface area (Å²) in [6.45, 7) is 14.8. The smallest absolute Gasteiger partial charge is 0.338 e. The number of benzene rings is 8. The molecule has 10 nitrogen and oxygen atoms in total. The fraction of sp³-hybridized carbons (Fsp3) is 0.242. The minimum absolute atomic E-state index is 0.109. The van der Waals surface area contributed by atoms with Crippen molar-refractivity contribution in [1.29, 1.82) is 0 Å². The fourth-order valence-corrected chi connectivity index (χ4v) is 12.9. The number of phenols is 2. The maximum atomic E-state index is 10.7. The second kappa shape index (κ2) is 32.1. The van der Waals surface area contributed by atoms with Crippen molar-refractivity contribution in [3.63, 3.8) is 0 Å². The third kappa shape index (κ3) is 18.5. The number of aryl methyl sites for hydroxylation is 4. The zero-order chi connectivity index (χ0) is 56.4. The monoisotopic (exact) mass is 1090 g/mol. The molecule has 0 fully saturated rings. The summed E-state index contributed by atoms with van der Waals surface area (Å²) in [7, 11) is -0.218. The Bertz CT molecular complexity index is 2800. The second-order valence-corrected chi connectivity index (χ2v) is 22.4. The summed E-state index contributed by atoms with van der Waals surface area (Å²) in [5.41, 5.74) is 3.94. The topological polar surface area (TPSA) is 180 Å². The third-order valence-electron chi connectivity index (χ3n) is 12.2. The number of phenolic OH excluding ortho intramolecular Hbond substituents is 1. The normalized spacial score (nSPS) is 10.6. The molecular weight excluding hydrogens is 1020 g/mol. The molecule has 78 heavy (non-hydrogen) atoms. The molecule has 0 bridgehead atoms. The van der Waals surface area contributed by atoms with Crippen LogP contribution in [0.25, 0.3) is 0 Å². The Kier molecular flexibility index (Phi) is 25.1. The highest BCUT2D eigenvalue weighted by molar-refractivity contribution is 7.97. The van der Waals surface area contributed by atoms with Crippen molar-refractivity contribution in [2.24, 2.45) is 0 Å². The van der Waals surface area contributed by atoms with Crippen LogP contribution in [0.5, 0.6) is 34.5 Å². The van der Waals surface area contributed by atoms with Crippen molar-refractivity contribution in [3.05, 3.63) is 215 Å². The number of hydrogen-bond donors (Lipinski definition) is 4. The van der Waals surface area contributed by atoms with Crippen LogP contribution in [0.3, 0.4) is 0 Å². The zero-order valence-electron chi connectivity index (χ0n) is 45.4. The van der Waals surface area contributed by atoms with Crippen molar-refractivity contribution in [3.8, 4) is 34.5 Å². The van der Waals surface area contributed by atoms with E-state index in [1.165, 1.54) is 96.2 Å². The van der Waals surface area contributed by atoms with Gasteiger partial charge in [-0.25, -0.2) is 9.59 Å². The number of carboxylic acids is 2. The molecule has 0 aliphatic rings. The maximum Gasteiger partial charge on any atom is 0.338 e. The number of ether oxygens (including phenoxy) is 2. The minimum Gasteiger partial charge on any atom is -0.872 e. The van der Waals surface area contributed by atoms with Crippen LogP contribution >= 0.6 is 0 Å². The standard InChI is InChI=1S/2C26H31OS.2C7H6O4/c2*1-4-5-6-13-18-27-26-21(2)19-25(20-22(26)3)28(23-14-9-7-10-15-23)24-16-11-8-12-17-24;8-4-1-2-6(9)5(3-4)7(10)11;8-4-2-1-3-5(9)6(4)7(10)11/h2*7-12,14-17,19-20H,4-6,13,18H2,1-3H3;2*1-3,8-9H,(H,10,11)/q2*+1;;/p-2. The van der Waals surface area contributed by atoms with E-state index < -0.39 is 40.3 Å². The molecule has 0 radical (unpaired) electrons. The first-order chi connectivity index (χ1) is 37.6. The molecule has 0 amide bonds. The van der Waals surface area contributed by atoms with Crippen LogP contribution in [0, 0.1) is 27.7 Å². The lowest BCUT2D eigenvalue weighted by Gasteiger charge is -2.15. The largest absolute Gasteiger partial charge is 0.872 e. The predicted octanol–water partition coefficient (Wildman–Crippen LogP) is 15.0. The van der Waals surface area contributed by atoms with Gasteiger partial charge in [0.05, 0.1) is 46.1 Å². The Balaban J connectivity index is 0.000000209. The van der Waals surface area contributed by atoms with Crippen molar-refractivity contribution >= 4 is 33.7 Å². The van der Waals surface area contributed by atoms with Crippen molar-refractivity contribution in [2.45, 2.75) is 122 Å². The second-order valence-electron chi connectivity index (χ2n) is 18.4. The summed E-state index contributed by atoms with van der Waals surface area (Å²) in [6.07, 6.45) is 9.85. The highest BCUT2D eigenvalue weighted by Gasteiger charge is 2.31. The molecule has 0 saturated heterocycles. The van der Waals surface area contributed by atoms with Crippen LogP contribution in [0.4, 0.5) is 0 Å². The predicted molar refractivity (Wildman–Crippen MR) is 310 cm³/mol. The molecular formula is C66H72O10S2. The van der Waals surface area contributed by atoms with E-state index in [9.17, 15) is 19.8 Å². The Labute approximate surface area is 466 Å². The number of unbranched alkanes of at least 4 members (excludes halogenated alkanes) is 6. The molecule has 0 atom stereocenters. The average molecular weight is 1090 g/mol. The van der Waals surface area contributed by atoms with Crippen LogP contribution in [0.1, 0.15) is 108 Å². The number of hydrogen-bond acceptors (Lipinski definition) is 8. The molecule has 4 N–H and O–H groups in total. The fourth-order valence-electron chi connectivity index (χ4n) is 8.38. The number of carbonyl (C=O) groups is 2. The average Bonchev–Trinajstić information content (AvgIpc) is 3.50. The van der Waals surface area contributed by atoms with Gasteiger partial charge in [-0.05, 0) is 130 Å². The molecule has 0 aromatic heterocycles. The summed E-state index contributed by atoms with van der Waals surface area (Å²) >= 11 is 0. The molecule has 0 saturated carbocycles. The first-order valence-electron chi connectivity index (χ1n) is 26.3. The van der Waals surface area contributed by atoms with E-state index in [2.05, 4.69) is 187 Å². The Morgan fingerprint density at radius 1 is 0.423 bits per heavy atom. The van der Waals surface area contributed by atoms with E-state index in [4.69, 9.17) is 29.9 Å². The summed E-state index contributed by atoms with van der Waals surface area (Å²) in [4.78, 5) is 28.6. The zero-order valence-corrected chi connectivity index (χ0v) is 47.1. The molecule has 0 aliphatic heterocycles. The summed E-state index contributed by atoms with van der Waals surface area (Å²) in [5, 5.41) is 55.9. The van der Waals surface area contributed by atoms with Gasteiger partial charge in [-0.15, -0.1) is 0 Å². The Morgan fingerprint density at radius 2 is 0.795 bits per heavy atom. The highest BCUT2D eigenvalue weighted by atomic mass is 32.2. The van der Waals surface area contributed by atoms with Crippen molar-refractivity contribution < 1.29 is 49.7 Å². The van der Waals surface area contributed by atoms with E-state index in [1.807, 2.05) is 0 Å². The van der Waals surface area contributed by atoms with Crippen LogP contribution in [0.15, 0.2) is 211 Å². The van der Waals surface area contributed by atoms with Gasteiger partial charge in [-0.1, -0.05) is 155 Å².